The number of aromatic nitrogens is 4. The molecule has 10 rings (SSSR count). The largest absolute Gasteiger partial charge is 0.458 e. The summed E-state index contributed by atoms with van der Waals surface area (Å²) in [6.45, 7) is 6.80. The van der Waals surface area contributed by atoms with Crippen LogP contribution in [0.5, 0.6) is 11.5 Å². The molecule has 3 heterocycles. The Morgan fingerprint density at radius 3 is 2.04 bits per heavy atom. The van der Waals surface area contributed by atoms with Crippen molar-refractivity contribution in [2.45, 2.75) is 26.2 Å². The van der Waals surface area contributed by atoms with E-state index in [1.165, 1.54) is 27.8 Å². The fourth-order valence-electron chi connectivity index (χ4n) is 7.84. The zero-order chi connectivity index (χ0) is 38.5. The predicted octanol–water partition coefficient (Wildman–Crippen LogP) is 12.6. The van der Waals surface area contributed by atoms with E-state index >= 15 is 0 Å². The van der Waals surface area contributed by atoms with Gasteiger partial charge in [-0.3, -0.25) is 13.7 Å². The Morgan fingerprint density at radius 1 is 0.526 bits per heavy atom. The van der Waals surface area contributed by atoms with Gasteiger partial charge in [-0.05, 0) is 100.0 Å². The Balaban J connectivity index is 1.05. The summed E-state index contributed by atoms with van der Waals surface area (Å²) in [4.78, 5) is 4.76. The summed E-state index contributed by atoms with van der Waals surface area (Å²) >= 11 is 0. The van der Waals surface area contributed by atoms with E-state index < -0.39 is 0 Å². The Bertz CT molecular complexity index is 3070. The van der Waals surface area contributed by atoms with Crippen LogP contribution in [0.3, 0.4) is 0 Å². The van der Waals surface area contributed by atoms with Crippen molar-refractivity contribution in [1.29, 1.82) is 0 Å². The Kier molecular flexibility index (Phi) is 8.30. The maximum atomic E-state index is 6.68. The van der Waals surface area contributed by atoms with Gasteiger partial charge in [-0.25, -0.2) is 4.98 Å². The molecule has 0 aliphatic carbocycles. The number of pyridine rings is 1. The lowest BCUT2D eigenvalue weighted by Crippen LogP contribution is -2.30. The maximum Gasteiger partial charge on any atom is 0.269 e. The van der Waals surface area contributed by atoms with Gasteiger partial charge in [0.1, 0.15) is 17.3 Å². The number of benzene rings is 7. The van der Waals surface area contributed by atoms with Crippen LogP contribution in [0.2, 0.25) is 0 Å². The molecule has 3 aromatic heterocycles. The highest BCUT2D eigenvalue weighted by molar-refractivity contribution is 6.10. The monoisotopic (exact) mass is 736 g/mol. The lowest BCUT2D eigenvalue weighted by atomic mass is 9.85. The third-order valence-corrected chi connectivity index (χ3v) is 10.7. The Hall–Kier alpha value is -7.24. The smallest absolute Gasteiger partial charge is 0.269 e. The summed E-state index contributed by atoms with van der Waals surface area (Å²) in [6, 6.07) is 63.7. The number of ether oxygens (including phenoxy) is 1. The number of para-hydroxylation sites is 2. The second-order valence-electron chi connectivity index (χ2n) is 15.5. The molecule has 0 unspecified atom stereocenters. The summed E-state index contributed by atoms with van der Waals surface area (Å²) in [7, 11) is 0. The molecule has 0 bridgehead atoms. The predicted molar refractivity (Wildman–Crippen MR) is 232 cm³/mol. The van der Waals surface area contributed by atoms with E-state index in [2.05, 4.69) is 192 Å². The zero-order valence-electron chi connectivity index (χ0n) is 32.1. The van der Waals surface area contributed by atoms with Crippen molar-refractivity contribution in [1.82, 2.24) is 14.1 Å². The number of fused-ring (bicyclic) bond motifs is 4. The van der Waals surface area contributed by atoms with Crippen LogP contribution in [0.4, 0.5) is 0 Å². The molecule has 0 saturated heterocycles. The number of hydrogen-bond donors (Lipinski definition) is 0. The maximum absolute atomic E-state index is 6.68. The van der Waals surface area contributed by atoms with Gasteiger partial charge in [-0.15, -0.1) is 0 Å². The first kappa shape index (κ1) is 34.3. The molecule has 274 valence electrons. The molecule has 0 atom stereocenters. The highest BCUT2D eigenvalue weighted by atomic mass is 16.5. The lowest BCUT2D eigenvalue weighted by molar-refractivity contribution is -0.572. The Labute approximate surface area is 332 Å². The highest BCUT2D eigenvalue weighted by Crippen LogP contribution is 2.38. The molecule has 0 aliphatic rings. The van der Waals surface area contributed by atoms with Gasteiger partial charge in [0.05, 0.1) is 33.4 Å². The van der Waals surface area contributed by atoms with E-state index in [0.717, 1.165) is 61.5 Å². The minimum absolute atomic E-state index is 0.0375. The molecule has 0 aliphatic heterocycles. The van der Waals surface area contributed by atoms with E-state index in [0.29, 0.717) is 0 Å². The Morgan fingerprint density at radius 2 is 1.26 bits per heavy atom. The summed E-state index contributed by atoms with van der Waals surface area (Å²) in [5.41, 5.74) is 12.2. The molecule has 0 fully saturated rings. The summed E-state index contributed by atoms with van der Waals surface area (Å²) in [6.07, 6.45) is 5.56. The van der Waals surface area contributed by atoms with E-state index in [4.69, 9.17) is 9.72 Å². The third kappa shape index (κ3) is 6.33. The molecular weight excluding hydrogens is 697 g/mol. The summed E-state index contributed by atoms with van der Waals surface area (Å²) in [5.74, 6) is 2.33. The first-order valence-corrected chi connectivity index (χ1v) is 19.4. The fraction of sp³-hybridized carbons (Fsp3) is 0.0769. The van der Waals surface area contributed by atoms with Crippen LogP contribution in [0.25, 0.3) is 72.3 Å². The molecule has 5 heteroatoms. The minimum Gasteiger partial charge on any atom is -0.458 e. The van der Waals surface area contributed by atoms with Crippen molar-refractivity contribution >= 4 is 32.8 Å². The third-order valence-electron chi connectivity index (χ3n) is 10.7. The number of imidazole rings is 1. The number of rotatable bonds is 7. The molecule has 10 aromatic rings. The minimum atomic E-state index is -0.0375. The number of nitrogens with zero attached hydrogens (tertiary/aromatic N) is 4. The first-order chi connectivity index (χ1) is 27.9. The van der Waals surface area contributed by atoms with E-state index in [1.54, 1.807) is 0 Å². The topological polar surface area (TPSA) is 35.9 Å². The lowest BCUT2D eigenvalue weighted by Gasteiger charge is -2.22. The van der Waals surface area contributed by atoms with Crippen molar-refractivity contribution in [2.75, 3.05) is 0 Å². The number of hydrogen-bond acceptors (Lipinski definition) is 2. The van der Waals surface area contributed by atoms with Crippen molar-refractivity contribution in [3.05, 3.63) is 200 Å². The molecule has 7 aromatic carbocycles. The van der Waals surface area contributed by atoms with Crippen LogP contribution >= 0.6 is 0 Å². The second-order valence-corrected chi connectivity index (χ2v) is 15.5. The van der Waals surface area contributed by atoms with Gasteiger partial charge < -0.3 is 4.74 Å². The van der Waals surface area contributed by atoms with Crippen molar-refractivity contribution < 1.29 is 9.30 Å². The van der Waals surface area contributed by atoms with E-state index in [-0.39, 0.29) is 5.41 Å². The molecule has 0 radical (unpaired) electrons. The average Bonchev–Trinajstić information content (AvgIpc) is 3.80. The first-order valence-electron chi connectivity index (χ1n) is 19.4. The fourth-order valence-corrected chi connectivity index (χ4v) is 7.84. The normalized spacial score (nSPS) is 11.8. The van der Waals surface area contributed by atoms with Crippen LogP contribution in [0.15, 0.2) is 188 Å². The summed E-state index contributed by atoms with van der Waals surface area (Å²) < 4.78 is 13.2. The highest BCUT2D eigenvalue weighted by Gasteiger charge is 2.20. The van der Waals surface area contributed by atoms with Crippen LogP contribution < -0.4 is 9.30 Å². The van der Waals surface area contributed by atoms with Crippen LogP contribution in [0, 0.1) is 6.33 Å². The van der Waals surface area contributed by atoms with Gasteiger partial charge in [0.15, 0.2) is 0 Å². The molecular formula is C52H40N4O. The van der Waals surface area contributed by atoms with Gasteiger partial charge >= 0.3 is 0 Å². The van der Waals surface area contributed by atoms with Crippen molar-refractivity contribution in [3.8, 4) is 50.9 Å². The van der Waals surface area contributed by atoms with Gasteiger partial charge in [0.25, 0.3) is 6.33 Å². The molecule has 5 nitrogen and oxygen atoms in total. The average molecular weight is 737 g/mol. The van der Waals surface area contributed by atoms with Crippen molar-refractivity contribution in [2.24, 2.45) is 0 Å². The van der Waals surface area contributed by atoms with Gasteiger partial charge in [0.2, 0.25) is 0 Å². The second kappa shape index (κ2) is 13.8. The zero-order valence-corrected chi connectivity index (χ0v) is 32.1. The SMILES string of the molecule is CC(C)(C)c1cc(-c2ccccc2)cc(-[n+]2[c-]n(-c3cccc(Oc4ccc5c6cc(-c7ccccc7)ccc6n(-c6ccccn6)c5c4)c3)c3ccccc32)c1. The summed E-state index contributed by atoms with van der Waals surface area (Å²) in [5, 5.41) is 2.30. The quantitative estimate of drug-likeness (QED) is 0.121. The van der Waals surface area contributed by atoms with Gasteiger partial charge in [0, 0.05) is 23.0 Å². The van der Waals surface area contributed by atoms with Crippen LogP contribution in [-0.4, -0.2) is 14.1 Å². The molecule has 0 saturated carbocycles. The molecule has 0 N–H and O–H groups in total. The van der Waals surface area contributed by atoms with E-state index in [1.807, 2.05) is 36.5 Å². The molecule has 0 amide bonds. The van der Waals surface area contributed by atoms with Crippen LogP contribution in [-0.2, 0) is 5.41 Å². The molecule has 0 spiro atoms. The standard InChI is InChI=1S/C52H40N4O/c1-52(2,3)40-29-39(37-17-8-5-9-18-37)30-42(32-40)55-35-54(48-21-10-11-22-49(48)55)41-19-14-20-43(33-41)57-44-25-26-45-46-31-38(36-15-6-4-7-16-36)24-27-47(46)56(50(45)34-44)51-23-12-13-28-53-51/h4-34H,1-3H3. The van der Waals surface area contributed by atoms with Crippen LogP contribution in [0.1, 0.15) is 26.3 Å². The van der Waals surface area contributed by atoms with E-state index in [9.17, 15) is 0 Å². The van der Waals surface area contributed by atoms with Gasteiger partial charge in [-0.2, -0.15) is 0 Å². The van der Waals surface area contributed by atoms with Crippen molar-refractivity contribution in [3.63, 3.8) is 0 Å². The van der Waals surface area contributed by atoms with Gasteiger partial charge in [-0.1, -0.05) is 130 Å². The molecule has 57 heavy (non-hydrogen) atoms.